The third kappa shape index (κ3) is 3.58. The van der Waals surface area contributed by atoms with Crippen LogP contribution in [0.2, 0.25) is 0 Å². The molecule has 0 saturated heterocycles. The summed E-state index contributed by atoms with van der Waals surface area (Å²) in [6.45, 7) is 2.13. The van der Waals surface area contributed by atoms with E-state index in [1.807, 2.05) is 18.2 Å². The molecule has 96 valence electrons. The Bertz CT molecular complexity index is 472. The lowest BCUT2D eigenvalue weighted by Gasteiger charge is -2.03. The molecule has 2 rings (SSSR count). The topological polar surface area (TPSA) is 66.6 Å². The number of hydrogen-bond acceptors (Lipinski definition) is 4. The van der Waals surface area contributed by atoms with E-state index in [0.717, 1.165) is 18.6 Å². The second-order valence-electron chi connectivity index (χ2n) is 4.14. The molecule has 18 heavy (non-hydrogen) atoms. The Labute approximate surface area is 111 Å². The van der Waals surface area contributed by atoms with Gasteiger partial charge in [-0.2, -0.15) is 0 Å². The molecular weight excluding hydrogens is 246 g/mol. The maximum Gasteiger partial charge on any atom is 0.276 e. The molecule has 0 radical (unpaired) electrons. The van der Waals surface area contributed by atoms with Crippen LogP contribution in [-0.2, 0) is 6.42 Å². The maximum absolute atomic E-state index is 5.60. The van der Waals surface area contributed by atoms with E-state index in [4.69, 9.17) is 4.42 Å². The van der Waals surface area contributed by atoms with Crippen molar-refractivity contribution in [1.82, 2.24) is 10.2 Å². The number of nitrogens with zero attached hydrogens (tertiary/aromatic N) is 2. The van der Waals surface area contributed by atoms with Crippen LogP contribution in [0.1, 0.15) is 30.8 Å². The van der Waals surface area contributed by atoms with Crippen LogP contribution in [0.15, 0.2) is 40.0 Å². The zero-order valence-electron chi connectivity index (χ0n) is 10.5. The summed E-state index contributed by atoms with van der Waals surface area (Å²) in [5, 5.41) is 8.73. The molecule has 1 aromatic heterocycles. The van der Waals surface area contributed by atoms with Crippen molar-refractivity contribution < 1.29 is 10.2 Å². The minimum atomic E-state index is 0.0101. The van der Waals surface area contributed by atoms with Crippen LogP contribution in [0.25, 0.3) is 0 Å². The molecule has 0 amide bonds. The van der Waals surface area contributed by atoms with Gasteiger partial charge in [0.25, 0.3) is 11.1 Å². The highest BCUT2D eigenvalue weighted by Crippen LogP contribution is 2.20. The van der Waals surface area contributed by atoms with Crippen molar-refractivity contribution in [2.45, 2.75) is 31.0 Å². The Morgan fingerprint density at radius 1 is 1.28 bits per heavy atom. The van der Waals surface area contributed by atoms with Gasteiger partial charge in [-0.25, -0.2) is 0 Å². The van der Waals surface area contributed by atoms with Gasteiger partial charge in [-0.05, 0) is 12.0 Å². The summed E-state index contributed by atoms with van der Waals surface area (Å²) in [6.07, 6.45) is 1.92. The van der Waals surface area contributed by atoms with Crippen molar-refractivity contribution in [3.8, 4) is 0 Å². The second kappa shape index (κ2) is 6.56. The van der Waals surface area contributed by atoms with E-state index in [1.54, 1.807) is 11.8 Å². The van der Waals surface area contributed by atoms with Crippen molar-refractivity contribution in [2.24, 2.45) is 0 Å². The molecule has 0 unspecified atom stereocenters. The fourth-order valence-electron chi connectivity index (χ4n) is 1.62. The molecule has 0 aliphatic rings. The van der Waals surface area contributed by atoms with Crippen LogP contribution in [0.4, 0.5) is 0 Å². The van der Waals surface area contributed by atoms with Crippen LogP contribution in [0.5, 0.6) is 0 Å². The van der Waals surface area contributed by atoms with Crippen molar-refractivity contribution in [1.29, 1.82) is 0 Å². The van der Waals surface area contributed by atoms with Crippen molar-refractivity contribution in [3.05, 3.63) is 41.8 Å². The molecule has 4 nitrogen and oxygen atoms in total. The van der Waals surface area contributed by atoms with E-state index < -0.39 is 0 Å². The van der Waals surface area contributed by atoms with E-state index in [-0.39, 0.29) is 6.04 Å². The lowest BCUT2D eigenvalue weighted by molar-refractivity contribution is -0.431. The van der Waals surface area contributed by atoms with Gasteiger partial charge in [0.2, 0.25) is 0 Å². The maximum atomic E-state index is 5.60. The van der Waals surface area contributed by atoms with Gasteiger partial charge in [0.1, 0.15) is 0 Å². The van der Waals surface area contributed by atoms with E-state index in [9.17, 15) is 0 Å². The normalized spacial score (nSPS) is 12.6. The fourth-order valence-corrected chi connectivity index (χ4v) is 2.24. The molecule has 0 aliphatic heterocycles. The number of thioether (sulfide) groups is 1. The predicted octanol–water partition coefficient (Wildman–Crippen LogP) is 2.10. The van der Waals surface area contributed by atoms with Gasteiger partial charge in [0, 0.05) is 12.2 Å². The van der Waals surface area contributed by atoms with E-state index >= 15 is 0 Å². The first-order chi connectivity index (χ1) is 8.79. The predicted molar refractivity (Wildman–Crippen MR) is 71.1 cm³/mol. The minimum absolute atomic E-state index is 0.0101. The molecule has 0 saturated carbocycles. The zero-order valence-corrected chi connectivity index (χ0v) is 11.3. The number of quaternary nitrogens is 1. The van der Waals surface area contributed by atoms with Gasteiger partial charge in [-0.1, -0.05) is 49.0 Å². The van der Waals surface area contributed by atoms with Crippen molar-refractivity contribution in [2.75, 3.05) is 5.75 Å². The summed E-state index contributed by atoms with van der Waals surface area (Å²) in [6, 6.07) is 10.2. The molecule has 5 heteroatoms. The Morgan fingerprint density at radius 3 is 2.78 bits per heavy atom. The van der Waals surface area contributed by atoms with Crippen LogP contribution < -0.4 is 5.73 Å². The van der Waals surface area contributed by atoms with E-state index in [2.05, 4.69) is 35.0 Å². The molecule has 1 heterocycles. The Morgan fingerprint density at radius 2 is 2.06 bits per heavy atom. The molecule has 0 bridgehead atoms. The van der Waals surface area contributed by atoms with Gasteiger partial charge in [-0.15, -0.1) is 10.2 Å². The van der Waals surface area contributed by atoms with Gasteiger partial charge in [0.05, 0.1) is 0 Å². The summed E-state index contributed by atoms with van der Waals surface area (Å²) in [5.41, 5.74) is 5.33. The molecule has 0 fully saturated rings. The van der Waals surface area contributed by atoms with E-state index in [0.29, 0.717) is 11.1 Å². The summed E-state index contributed by atoms with van der Waals surface area (Å²) >= 11 is 1.60. The summed E-state index contributed by atoms with van der Waals surface area (Å²) in [5.74, 6) is 1.62. The number of rotatable bonds is 6. The highest BCUT2D eigenvalue weighted by Gasteiger charge is 2.18. The molecule has 0 spiro atoms. The smallest absolute Gasteiger partial charge is 0.276 e. The molecule has 2 aromatic rings. The van der Waals surface area contributed by atoms with Crippen LogP contribution >= 0.6 is 11.8 Å². The third-order valence-electron chi connectivity index (χ3n) is 2.53. The van der Waals surface area contributed by atoms with Gasteiger partial charge in [0.15, 0.2) is 6.04 Å². The highest BCUT2D eigenvalue weighted by atomic mass is 32.2. The number of benzene rings is 1. The van der Waals surface area contributed by atoms with Crippen LogP contribution in [0, 0.1) is 0 Å². The first kappa shape index (κ1) is 13.1. The van der Waals surface area contributed by atoms with Crippen LogP contribution in [0.3, 0.4) is 0 Å². The van der Waals surface area contributed by atoms with Crippen molar-refractivity contribution in [3.63, 3.8) is 0 Å². The minimum Gasteiger partial charge on any atom is -0.410 e. The van der Waals surface area contributed by atoms with Gasteiger partial charge < -0.3 is 10.2 Å². The molecule has 3 N–H and O–H groups in total. The molecule has 1 atom stereocenters. The molecule has 0 aliphatic carbocycles. The fraction of sp³-hybridized carbons (Fsp3) is 0.385. The average molecular weight is 264 g/mol. The average Bonchev–Trinajstić information content (AvgIpc) is 2.86. The Kier molecular flexibility index (Phi) is 4.78. The highest BCUT2D eigenvalue weighted by molar-refractivity contribution is 7.99. The van der Waals surface area contributed by atoms with Gasteiger partial charge >= 0.3 is 0 Å². The molecular formula is C13H18N3OS+. The van der Waals surface area contributed by atoms with E-state index in [1.165, 1.54) is 5.56 Å². The Hall–Kier alpha value is -1.33. The zero-order chi connectivity index (χ0) is 12.8. The van der Waals surface area contributed by atoms with Crippen LogP contribution in [-0.4, -0.2) is 16.0 Å². The largest absolute Gasteiger partial charge is 0.410 e. The summed E-state index contributed by atoms with van der Waals surface area (Å²) in [4.78, 5) is 0. The third-order valence-corrected chi connectivity index (χ3v) is 3.55. The second-order valence-corrected chi connectivity index (χ2v) is 5.19. The SMILES string of the molecule is CCCSc1nnc([C@@H]([NH3+])Cc2ccccc2)o1. The monoisotopic (exact) mass is 264 g/mol. The molecule has 1 aromatic carbocycles. The first-order valence-electron chi connectivity index (χ1n) is 6.12. The number of hydrogen-bond donors (Lipinski definition) is 1. The lowest BCUT2D eigenvalue weighted by Crippen LogP contribution is -2.54. The lowest BCUT2D eigenvalue weighted by atomic mass is 10.1. The summed E-state index contributed by atoms with van der Waals surface area (Å²) in [7, 11) is 0. The standard InChI is InChI=1S/C13H17N3OS/c1-2-8-18-13-16-15-12(17-13)11(14)9-10-6-4-3-5-7-10/h3-7,11H,2,8-9,14H2,1H3/p+1/t11-/m0/s1. The van der Waals surface area contributed by atoms with Gasteiger partial charge in [-0.3, -0.25) is 0 Å². The quantitative estimate of drug-likeness (QED) is 0.811. The first-order valence-corrected chi connectivity index (χ1v) is 7.11. The summed E-state index contributed by atoms with van der Waals surface area (Å²) < 4.78 is 5.60. The Balaban J connectivity index is 1.96. The van der Waals surface area contributed by atoms with Crippen molar-refractivity contribution >= 4 is 11.8 Å². The number of aromatic nitrogens is 2.